The second-order valence-corrected chi connectivity index (χ2v) is 6.77. The van der Waals surface area contributed by atoms with Gasteiger partial charge in [0.05, 0.1) is 7.11 Å². The maximum atomic E-state index is 14.2. The van der Waals surface area contributed by atoms with Crippen LogP contribution in [0.5, 0.6) is 5.75 Å². The number of hydrogen-bond acceptors (Lipinski definition) is 3. The molecular weight excluding hydrogens is 304 g/mol. The number of methoxy groups -OCH3 is 1. The van der Waals surface area contributed by atoms with Crippen molar-refractivity contribution in [1.82, 2.24) is 4.90 Å². The summed E-state index contributed by atoms with van der Waals surface area (Å²) in [5, 5.41) is 0. The molecule has 0 bridgehead atoms. The van der Waals surface area contributed by atoms with Crippen LogP contribution in [0.2, 0.25) is 0 Å². The van der Waals surface area contributed by atoms with E-state index in [-0.39, 0.29) is 23.8 Å². The Bertz CT molecular complexity index is 561. The van der Waals surface area contributed by atoms with E-state index >= 15 is 0 Å². The SMILES string of the molecule is COc1cc(F)c(C2CCCN(C(=O)OC(C)(C)C)C2)c(F)c1. The molecule has 1 saturated heterocycles. The molecule has 0 aliphatic carbocycles. The zero-order chi connectivity index (χ0) is 17.2. The first-order valence-electron chi connectivity index (χ1n) is 7.72. The molecule has 23 heavy (non-hydrogen) atoms. The van der Waals surface area contributed by atoms with Crippen LogP contribution in [-0.4, -0.2) is 36.8 Å². The summed E-state index contributed by atoms with van der Waals surface area (Å²) in [6, 6.07) is 2.34. The second-order valence-electron chi connectivity index (χ2n) is 6.77. The fourth-order valence-electron chi connectivity index (χ4n) is 2.77. The number of amides is 1. The summed E-state index contributed by atoms with van der Waals surface area (Å²) in [7, 11) is 1.36. The van der Waals surface area contributed by atoms with Crippen molar-refractivity contribution in [3.63, 3.8) is 0 Å². The minimum atomic E-state index is -0.641. The Morgan fingerprint density at radius 3 is 2.39 bits per heavy atom. The summed E-state index contributed by atoms with van der Waals surface area (Å²) >= 11 is 0. The van der Waals surface area contributed by atoms with E-state index in [1.165, 1.54) is 24.1 Å². The van der Waals surface area contributed by atoms with Gasteiger partial charge in [-0.1, -0.05) is 0 Å². The number of likely N-dealkylation sites (tertiary alicyclic amines) is 1. The molecule has 1 fully saturated rings. The Kier molecular flexibility index (Phi) is 5.12. The van der Waals surface area contributed by atoms with E-state index in [0.717, 1.165) is 0 Å². The van der Waals surface area contributed by atoms with E-state index in [0.29, 0.717) is 19.4 Å². The van der Waals surface area contributed by atoms with Gasteiger partial charge < -0.3 is 14.4 Å². The maximum absolute atomic E-state index is 14.2. The van der Waals surface area contributed by atoms with Crippen molar-refractivity contribution in [2.45, 2.75) is 45.1 Å². The summed E-state index contributed by atoms with van der Waals surface area (Å²) in [6.45, 7) is 6.14. The first-order valence-corrected chi connectivity index (χ1v) is 7.72. The van der Waals surface area contributed by atoms with Crippen molar-refractivity contribution in [3.8, 4) is 5.75 Å². The zero-order valence-electron chi connectivity index (χ0n) is 14.0. The quantitative estimate of drug-likeness (QED) is 0.821. The molecule has 4 nitrogen and oxygen atoms in total. The van der Waals surface area contributed by atoms with Crippen LogP contribution in [0.3, 0.4) is 0 Å². The van der Waals surface area contributed by atoms with Crippen LogP contribution in [0.25, 0.3) is 0 Å². The monoisotopic (exact) mass is 327 g/mol. The van der Waals surface area contributed by atoms with Crippen LogP contribution >= 0.6 is 0 Å². The molecule has 1 aromatic carbocycles. The van der Waals surface area contributed by atoms with E-state index in [1.807, 2.05) is 0 Å². The van der Waals surface area contributed by atoms with Gasteiger partial charge in [-0.05, 0) is 33.6 Å². The third kappa shape index (κ3) is 4.33. The molecule has 1 aliphatic heterocycles. The van der Waals surface area contributed by atoms with E-state index in [9.17, 15) is 13.6 Å². The number of halogens is 2. The molecule has 0 spiro atoms. The summed E-state index contributed by atoms with van der Waals surface area (Å²) in [5.74, 6) is -1.53. The topological polar surface area (TPSA) is 38.8 Å². The highest BCUT2D eigenvalue weighted by Crippen LogP contribution is 2.33. The molecule has 1 aromatic rings. The standard InChI is InChI=1S/C17H23F2NO3/c1-17(2,3)23-16(21)20-7-5-6-11(10-20)15-13(18)8-12(22-4)9-14(15)19/h8-9,11H,5-7,10H2,1-4H3. The van der Waals surface area contributed by atoms with Gasteiger partial charge in [-0.3, -0.25) is 0 Å². The number of hydrogen-bond donors (Lipinski definition) is 0. The molecule has 2 rings (SSSR count). The average Bonchev–Trinajstić information content (AvgIpc) is 2.45. The van der Waals surface area contributed by atoms with Crippen LogP contribution in [-0.2, 0) is 4.74 Å². The lowest BCUT2D eigenvalue weighted by atomic mass is 9.90. The molecule has 1 heterocycles. The molecule has 0 saturated carbocycles. The lowest BCUT2D eigenvalue weighted by molar-refractivity contribution is 0.0196. The smallest absolute Gasteiger partial charge is 0.410 e. The van der Waals surface area contributed by atoms with Gasteiger partial charge >= 0.3 is 6.09 Å². The number of rotatable bonds is 2. The number of piperidine rings is 1. The van der Waals surface area contributed by atoms with Gasteiger partial charge in [0, 0.05) is 36.7 Å². The number of carbonyl (C=O) groups excluding carboxylic acids is 1. The minimum absolute atomic E-state index is 0.0130. The minimum Gasteiger partial charge on any atom is -0.497 e. The largest absolute Gasteiger partial charge is 0.497 e. The number of benzene rings is 1. The third-order valence-corrected chi connectivity index (χ3v) is 3.77. The highest BCUT2D eigenvalue weighted by molar-refractivity contribution is 5.68. The van der Waals surface area contributed by atoms with Gasteiger partial charge in [0.15, 0.2) is 0 Å². The van der Waals surface area contributed by atoms with Crippen molar-refractivity contribution in [3.05, 3.63) is 29.3 Å². The molecule has 1 amide bonds. The summed E-state index contributed by atoms with van der Waals surface area (Å²) in [6.07, 6.45) is 0.852. The van der Waals surface area contributed by atoms with E-state index in [2.05, 4.69) is 0 Å². The molecule has 6 heteroatoms. The van der Waals surface area contributed by atoms with Crippen LogP contribution in [0.4, 0.5) is 13.6 Å². The fraction of sp³-hybridized carbons (Fsp3) is 0.588. The van der Waals surface area contributed by atoms with Crippen molar-refractivity contribution >= 4 is 6.09 Å². The van der Waals surface area contributed by atoms with E-state index in [1.54, 1.807) is 20.8 Å². The predicted molar refractivity (Wildman–Crippen MR) is 82.7 cm³/mol. The average molecular weight is 327 g/mol. The highest BCUT2D eigenvalue weighted by Gasteiger charge is 2.31. The fourth-order valence-corrected chi connectivity index (χ4v) is 2.77. The van der Waals surface area contributed by atoms with Crippen LogP contribution in [0, 0.1) is 11.6 Å². The number of nitrogens with zero attached hydrogens (tertiary/aromatic N) is 1. The summed E-state index contributed by atoms with van der Waals surface area (Å²) in [5.41, 5.74) is -0.584. The van der Waals surface area contributed by atoms with Crippen molar-refractivity contribution < 1.29 is 23.0 Å². The maximum Gasteiger partial charge on any atom is 0.410 e. The zero-order valence-corrected chi connectivity index (χ0v) is 14.0. The lowest BCUT2D eigenvalue weighted by Gasteiger charge is -2.34. The van der Waals surface area contributed by atoms with E-state index < -0.39 is 23.3 Å². The second kappa shape index (κ2) is 6.72. The lowest BCUT2D eigenvalue weighted by Crippen LogP contribution is -2.42. The first kappa shape index (κ1) is 17.5. The Balaban J connectivity index is 2.17. The highest BCUT2D eigenvalue weighted by atomic mass is 19.1. The van der Waals surface area contributed by atoms with Crippen LogP contribution in [0.15, 0.2) is 12.1 Å². The van der Waals surface area contributed by atoms with Crippen molar-refractivity contribution in [2.75, 3.05) is 20.2 Å². The normalized spacial score (nSPS) is 18.7. The molecular formula is C17H23F2NO3. The molecule has 1 aliphatic rings. The van der Waals surface area contributed by atoms with Crippen LogP contribution in [0.1, 0.15) is 45.1 Å². The van der Waals surface area contributed by atoms with Gasteiger partial charge in [0.1, 0.15) is 23.0 Å². The van der Waals surface area contributed by atoms with Gasteiger partial charge in [-0.15, -0.1) is 0 Å². The van der Waals surface area contributed by atoms with Crippen LogP contribution < -0.4 is 4.74 Å². The van der Waals surface area contributed by atoms with Crippen molar-refractivity contribution in [1.29, 1.82) is 0 Å². The summed E-state index contributed by atoms with van der Waals surface area (Å²) < 4.78 is 38.7. The third-order valence-electron chi connectivity index (χ3n) is 3.77. The number of ether oxygens (including phenoxy) is 2. The molecule has 0 aromatic heterocycles. The van der Waals surface area contributed by atoms with Gasteiger partial charge in [-0.25, -0.2) is 13.6 Å². The van der Waals surface area contributed by atoms with Gasteiger partial charge in [0.2, 0.25) is 0 Å². The Morgan fingerprint density at radius 1 is 1.26 bits per heavy atom. The molecule has 0 N–H and O–H groups in total. The Morgan fingerprint density at radius 2 is 1.87 bits per heavy atom. The molecule has 1 unspecified atom stereocenters. The summed E-state index contributed by atoms with van der Waals surface area (Å²) in [4.78, 5) is 13.7. The molecule has 128 valence electrons. The Hall–Kier alpha value is -1.85. The molecule has 1 atom stereocenters. The van der Waals surface area contributed by atoms with Gasteiger partial charge in [-0.2, -0.15) is 0 Å². The van der Waals surface area contributed by atoms with Gasteiger partial charge in [0.25, 0.3) is 0 Å². The van der Waals surface area contributed by atoms with Crippen molar-refractivity contribution in [2.24, 2.45) is 0 Å². The van der Waals surface area contributed by atoms with E-state index in [4.69, 9.17) is 9.47 Å². The number of carbonyl (C=O) groups is 1. The first-order chi connectivity index (χ1) is 10.7. The predicted octanol–water partition coefficient (Wildman–Crippen LogP) is 4.09. The molecule has 0 radical (unpaired) electrons. The Labute approximate surface area is 135 Å².